The Labute approximate surface area is 123 Å². The van der Waals surface area contributed by atoms with Crippen molar-refractivity contribution in [1.29, 1.82) is 0 Å². The summed E-state index contributed by atoms with van der Waals surface area (Å²) in [5, 5.41) is 0. The van der Waals surface area contributed by atoms with Crippen LogP contribution in [0.5, 0.6) is 0 Å². The van der Waals surface area contributed by atoms with Crippen molar-refractivity contribution >= 4 is 11.8 Å². The van der Waals surface area contributed by atoms with E-state index in [4.69, 9.17) is 9.47 Å². The van der Waals surface area contributed by atoms with E-state index in [-0.39, 0.29) is 17.7 Å². The number of carbonyl (C=O) groups excluding carboxylic acids is 2. The lowest BCUT2D eigenvalue weighted by atomic mass is 9.98. The monoisotopic (exact) mass is 289 g/mol. The predicted molar refractivity (Wildman–Crippen MR) is 75.9 cm³/mol. The van der Waals surface area contributed by atoms with E-state index in [1.807, 2.05) is 13.8 Å². The van der Waals surface area contributed by atoms with Gasteiger partial charge in [-0.05, 0) is 25.5 Å². The van der Waals surface area contributed by atoms with Gasteiger partial charge in [0.25, 0.3) is 11.8 Å². The summed E-state index contributed by atoms with van der Waals surface area (Å²) in [5.74, 6) is -0.926. The highest BCUT2D eigenvalue weighted by Gasteiger charge is 2.39. The lowest BCUT2D eigenvalue weighted by Gasteiger charge is -2.30. The molecule has 0 saturated carbocycles. The van der Waals surface area contributed by atoms with E-state index in [9.17, 15) is 9.59 Å². The number of carbonyl (C=O) groups is 2. The largest absolute Gasteiger partial charge is 0.348 e. The van der Waals surface area contributed by atoms with Gasteiger partial charge < -0.3 is 9.47 Å². The molecule has 3 rings (SSSR count). The summed E-state index contributed by atoms with van der Waals surface area (Å²) in [6.07, 6.45) is 0.655. The van der Waals surface area contributed by atoms with E-state index >= 15 is 0 Å². The van der Waals surface area contributed by atoms with Crippen LogP contribution in [0.1, 0.15) is 41.0 Å². The third kappa shape index (κ3) is 2.36. The Hall–Kier alpha value is -1.72. The Kier molecular flexibility index (Phi) is 3.55. The van der Waals surface area contributed by atoms with Crippen LogP contribution in [0.25, 0.3) is 0 Å². The number of amides is 2. The van der Waals surface area contributed by atoms with Crippen LogP contribution in [0.2, 0.25) is 0 Å². The van der Waals surface area contributed by atoms with Gasteiger partial charge in [0, 0.05) is 12.5 Å². The lowest BCUT2D eigenvalue weighted by Crippen LogP contribution is -2.38. The minimum absolute atomic E-state index is 0.101. The summed E-state index contributed by atoms with van der Waals surface area (Å²) in [7, 11) is 0. The van der Waals surface area contributed by atoms with Gasteiger partial charge in [0.2, 0.25) is 0 Å². The van der Waals surface area contributed by atoms with Crippen LogP contribution < -0.4 is 0 Å². The fourth-order valence-electron chi connectivity index (χ4n) is 2.84. The van der Waals surface area contributed by atoms with E-state index in [0.717, 1.165) is 0 Å². The second kappa shape index (κ2) is 5.24. The van der Waals surface area contributed by atoms with Crippen LogP contribution in [0.4, 0.5) is 0 Å². The van der Waals surface area contributed by atoms with Gasteiger partial charge >= 0.3 is 0 Å². The smallest absolute Gasteiger partial charge is 0.261 e. The summed E-state index contributed by atoms with van der Waals surface area (Å²) in [4.78, 5) is 25.8. The third-order valence-corrected chi connectivity index (χ3v) is 4.42. The van der Waals surface area contributed by atoms with Crippen molar-refractivity contribution in [2.45, 2.75) is 26.1 Å². The summed E-state index contributed by atoms with van der Waals surface area (Å²) in [5.41, 5.74) is 0.990. The van der Waals surface area contributed by atoms with E-state index in [1.54, 1.807) is 24.3 Å². The zero-order chi connectivity index (χ0) is 15.0. The summed E-state index contributed by atoms with van der Waals surface area (Å²) in [6, 6.07) is 6.95. The first-order valence-electron chi connectivity index (χ1n) is 7.26. The Morgan fingerprint density at radius 1 is 1.14 bits per heavy atom. The minimum atomic E-state index is -0.612. The van der Waals surface area contributed by atoms with E-state index < -0.39 is 5.79 Å². The van der Waals surface area contributed by atoms with Crippen molar-refractivity contribution in [2.24, 2.45) is 5.92 Å². The molecule has 2 heterocycles. The van der Waals surface area contributed by atoms with Gasteiger partial charge in [0.15, 0.2) is 5.79 Å². The molecule has 5 nitrogen and oxygen atoms in total. The van der Waals surface area contributed by atoms with Crippen LogP contribution in [-0.4, -0.2) is 42.3 Å². The lowest BCUT2D eigenvalue weighted by molar-refractivity contribution is -0.178. The van der Waals surface area contributed by atoms with Gasteiger partial charge in [0.1, 0.15) is 0 Å². The molecular weight excluding hydrogens is 270 g/mol. The molecule has 1 aromatic rings. The normalized spacial score (nSPS) is 21.7. The summed E-state index contributed by atoms with van der Waals surface area (Å²) >= 11 is 0. The number of rotatable bonds is 4. The molecule has 2 amide bonds. The molecule has 0 spiro atoms. The number of ether oxygens (including phenoxy) is 2. The number of fused-ring (bicyclic) bond motifs is 1. The van der Waals surface area contributed by atoms with Crippen molar-refractivity contribution in [1.82, 2.24) is 4.90 Å². The molecule has 2 aliphatic heterocycles. The SMILES string of the molecule is CC(CCN1C(=O)c2ccccc2C1=O)C1(C)OCCO1. The number of benzene rings is 1. The molecule has 1 atom stereocenters. The maximum Gasteiger partial charge on any atom is 0.261 e. The molecule has 2 aliphatic rings. The summed E-state index contributed by atoms with van der Waals surface area (Å²) < 4.78 is 11.2. The first-order valence-corrected chi connectivity index (χ1v) is 7.26. The molecule has 0 aliphatic carbocycles. The topological polar surface area (TPSA) is 55.8 Å². The van der Waals surface area contributed by atoms with Crippen molar-refractivity contribution in [3.8, 4) is 0 Å². The van der Waals surface area contributed by atoms with Gasteiger partial charge in [-0.2, -0.15) is 0 Å². The van der Waals surface area contributed by atoms with Crippen LogP contribution in [0.3, 0.4) is 0 Å². The molecule has 5 heteroatoms. The van der Waals surface area contributed by atoms with Crippen molar-refractivity contribution in [3.63, 3.8) is 0 Å². The average Bonchev–Trinajstić information content (AvgIpc) is 3.03. The molecule has 1 unspecified atom stereocenters. The molecule has 0 bridgehead atoms. The highest BCUT2D eigenvalue weighted by Crippen LogP contribution is 2.31. The minimum Gasteiger partial charge on any atom is -0.348 e. The van der Waals surface area contributed by atoms with Crippen LogP contribution in [0.15, 0.2) is 24.3 Å². The molecule has 1 aromatic carbocycles. The standard InChI is InChI=1S/C16H19NO4/c1-11(16(2)20-9-10-21-16)7-8-17-14(18)12-5-3-4-6-13(12)15(17)19/h3-6,11H,7-10H2,1-2H3. The Morgan fingerprint density at radius 3 is 2.19 bits per heavy atom. The third-order valence-electron chi connectivity index (χ3n) is 4.42. The van der Waals surface area contributed by atoms with Gasteiger partial charge in [-0.3, -0.25) is 14.5 Å². The molecule has 1 saturated heterocycles. The van der Waals surface area contributed by atoms with E-state index in [0.29, 0.717) is 37.3 Å². The molecule has 21 heavy (non-hydrogen) atoms. The Balaban J connectivity index is 1.67. The molecule has 112 valence electrons. The van der Waals surface area contributed by atoms with Crippen molar-refractivity contribution < 1.29 is 19.1 Å². The van der Waals surface area contributed by atoms with Gasteiger partial charge in [-0.1, -0.05) is 19.1 Å². The average molecular weight is 289 g/mol. The van der Waals surface area contributed by atoms with Crippen LogP contribution in [-0.2, 0) is 9.47 Å². The maximum atomic E-state index is 12.3. The van der Waals surface area contributed by atoms with E-state index in [2.05, 4.69) is 0 Å². The highest BCUT2D eigenvalue weighted by molar-refractivity contribution is 6.21. The maximum absolute atomic E-state index is 12.3. The van der Waals surface area contributed by atoms with Crippen LogP contribution in [0, 0.1) is 5.92 Å². The summed E-state index contributed by atoms with van der Waals surface area (Å²) in [6.45, 7) is 5.49. The van der Waals surface area contributed by atoms with Crippen molar-refractivity contribution in [2.75, 3.05) is 19.8 Å². The molecule has 1 fully saturated rings. The second-order valence-corrected chi connectivity index (χ2v) is 5.71. The highest BCUT2D eigenvalue weighted by atomic mass is 16.7. The zero-order valence-electron chi connectivity index (χ0n) is 12.3. The molecular formula is C16H19NO4. The first-order chi connectivity index (χ1) is 10.0. The number of hydrogen-bond acceptors (Lipinski definition) is 4. The second-order valence-electron chi connectivity index (χ2n) is 5.71. The first kappa shape index (κ1) is 14.2. The zero-order valence-corrected chi connectivity index (χ0v) is 12.3. The molecule has 0 radical (unpaired) electrons. The van der Waals surface area contributed by atoms with E-state index in [1.165, 1.54) is 4.90 Å². The Bertz CT molecular complexity index is 542. The fourth-order valence-corrected chi connectivity index (χ4v) is 2.84. The number of imide groups is 1. The predicted octanol–water partition coefficient (Wildman–Crippen LogP) is 2.07. The fraction of sp³-hybridized carbons (Fsp3) is 0.500. The number of hydrogen-bond donors (Lipinski definition) is 0. The van der Waals surface area contributed by atoms with Gasteiger partial charge in [-0.25, -0.2) is 0 Å². The van der Waals surface area contributed by atoms with Crippen LogP contribution >= 0.6 is 0 Å². The number of nitrogens with zero attached hydrogens (tertiary/aromatic N) is 1. The van der Waals surface area contributed by atoms with Gasteiger partial charge in [0.05, 0.1) is 24.3 Å². The quantitative estimate of drug-likeness (QED) is 0.796. The molecule has 0 aromatic heterocycles. The molecule has 0 N–H and O–H groups in total. The van der Waals surface area contributed by atoms with Gasteiger partial charge in [-0.15, -0.1) is 0 Å². The Morgan fingerprint density at radius 2 is 1.67 bits per heavy atom. The van der Waals surface area contributed by atoms with Crippen molar-refractivity contribution in [3.05, 3.63) is 35.4 Å².